The summed E-state index contributed by atoms with van der Waals surface area (Å²) in [5.74, 6) is 1.42. The van der Waals surface area contributed by atoms with Gasteiger partial charge in [-0.1, -0.05) is 87.9 Å². The van der Waals surface area contributed by atoms with Gasteiger partial charge in [-0.3, -0.25) is 4.57 Å². The average molecular weight is 420 g/mol. The Morgan fingerprint density at radius 2 is 1.38 bits per heavy atom. The van der Waals surface area contributed by atoms with E-state index < -0.39 is 0 Å². The molecule has 0 bridgehead atoms. The molecule has 0 aliphatic rings. The Hall–Kier alpha value is -3.64. The van der Waals surface area contributed by atoms with E-state index in [9.17, 15) is 5.26 Å². The number of aromatic nitrogens is 2. The molecule has 0 spiro atoms. The maximum Gasteiger partial charge on any atom is 0.159 e. The fourth-order valence-corrected chi connectivity index (χ4v) is 4.15. The molecule has 0 unspecified atom stereocenters. The van der Waals surface area contributed by atoms with Crippen molar-refractivity contribution in [3.63, 3.8) is 0 Å². The minimum atomic E-state index is 0.310. The molecule has 0 saturated carbocycles. The minimum absolute atomic E-state index is 0.310. The van der Waals surface area contributed by atoms with Crippen LogP contribution >= 0.6 is 0 Å². The zero-order valence-corrected chi connectivity index (χ0v) is 19.4. The van der Waals surface area contributed by atoms with E-state index in [-0.39, 0.29) is 0 Å². The molecule has 0 radical (unpaired) electrons. The van der Waals surface area contributed by atoms with Gasteiger partial charge in [0, 0.05) is 11.8 Å². The second-order valence-electron chi connectivity index (χ2n) is 8.98. The normalized spacial score (nSPS) is 11.2. The van der Waals surface area contributed by atoms with Gasteiger partial charge in [0.25, 0.3) is 0 Å². The number of hydrogen-bond donors (Lipinski definition) is 0. The fraction of sp³-hybridized carbons (Fsp3) is 0.241. The van der Waals surface area contributed by atoms with Crippen LogP contribution in [0, 0.1) is 18.3 Å². The van der Waals surface area contributed by atoms with Crippen LogP contribution in [0.5, 0.6) is 0 Å². The van der Waals surface area contributed by atoms with Gasteiger partial charge in [-0.25, -0.2) is 4.98 Å². The first-order chi connectivity index (χ1) is 15.4. The van der Waals surface area contributed by atoms with Crippen molar-refractivity contribution in [1.29, 1.82) is 5.26 Å². The standard InChI is InChI=1S/C29H29N3/c1-19(2)26-15-24(22-13-11-21(5)12-14-22)16-27(20(3)4)28(26)32-18-25(17-30)31-29(32)23-9-7-6-8-10-23/h6-16,18-20H,1-5H3. The Morgan fingerprint density at radius 1 is 0.781 bits per heavy atom. The summed E-state index contributed by atoms with van der Waals surface area (Å²) in [6.07, 6.45) is 1.88. The van der Waals surface area contributed by atoms with Gasteiger partial charge < -0.3 is 0 Å². The summed E-state index contributed by atoms with van der Waals surface area (Å²) in [6.45, 7) is 11.0. The highest BCUT2D eigenvalue weighted by molar-refractivity contribution is 5.72. The highest BCUT2D eigenvalue weighted by Gasteiger charge is 2.22. The van der Waals surface area contributed by atoms with Crippen LogP contribution in [-0.4, -0.2) is 9.55 Å². The molecule has 0 amide bonds. The Bertz CT molecular complexity index is 1240. The molecular weight excluding hydrogens is 390 g/mol. The molecule has 1 heterocycles. The summed E-state index contributed by atoms with van der Waals surface area (Å²) in [7, 11) is 0. The third-order valence-electron chi connectivity index (χ3n) is 5.89. The third-order valence-corrected chi connectivity index (χ3v) is 5.89. The highest BCUT2D eigenvalue weighted by Crippen LogP contribution is 2.38. The summed E-state index contributed by atoms with van der Waals surface area (Å²) in [6, 6.07) is 25.7. The summed E-state index contributed by atoms with van der Waals surface area (Å²) >= 11 is 0. The lowest BCUT2D eigenvalue weighted by atomic mass is 9.88. The smallest absolute Gasteiger partial charge is 0.159 e. The van der Waals surface area contributed by atoms with Crippen molar-refractivity contribution < 1.29 is 0 Å². The first kappa shape index (κ1) is 21.6. The second kappa shape index (κ2) is 8.85. The van der Waals surface area contributed by atoms with E-state index >= 15 is 0 Å². The molecule has 0 N–H and O–H groups in total. The Balaban J connectivity index is 2.02. The molecule has 0 aliphatic heterocycles. The van der Waals surface area contributed by atoms with Crippen molar-refractivity contribution in [2.45, 2.75) is 46.5 Å². The van der Waals surface area contributed by atoms with Gasteiger partial charge in [0.15, 0.2) is 5.69 Å². The number of imidazole rings is 1. The van der Waals surface area contributed by atoms with Crippen LogP contribution in [0.2, 0.25) is 0 Å². The van der Waals surface area contributed by atoms with E-state index in [1.54, 1.807) is 0 Å². The van der Waals surface area contributed by atoms with Crippen molar-refractivity contribution in [2.24, 2.45) is 0 Å². The molecular formula is C29H29N3. The molecule has 1 aromatic heterocycles. The van der Waals surface area contributed by atoms with Crippen molar-refractivity contribution in [1.82, 2.24) is 9.55 Å². The quantitative estimate of drug-likeness (QED) is 0.333. The largest absolute Gasteiger partial charge is 0.298 e. The third kappa shape index (κ3) is 4.09. The molecule has 160 valence electrons. The van der Waals surface area contributed by atoms with E-state index in [4.69, 9.17) is 0 Å². The number of nitriles is 1. The predicted octanol–water partition coefficient (Wildman–Crippen LogP) is 7.63. The van der Waals surface area contributed by atoms with E-state index in [1.807, 2.05) is 36.5 Å². The molecule has 0 saturated heterocycles. The van der Waals surface area contributed by atoms with Crippen LogP contribution in [-0.2, 0) is 0 Å². The fourth-order valence-electron chi connectivity index (χ4n) is 4.15. The van der Waals surface area contributed by atoms with Crippen molar-refractivity contribution in [2.75, 3.05) is 0 Å². The zero-order chi connectivity index (χ0) is 22.8. The lowest BCUT2D eigenvalue weighted by molar-refractivity contribution is 0.807. The topological polar surface area (TPSA) is 41.6 Å². The number of hydrogen-bond acceptors (Lipinski definition) is 2. The van der Waals surface area contributed by atoms with E-state index in [2.05, 4.69) is 86.6 Å². The Labute approximate surface area is 191 Å². The van der Waals surface area contributed by atoms with Crippen LogP contribution in [0.4, 0.5) is 0 Å². The minimum Gasteiger partial charge on any atom is -0.298 e. The molecule has 0 fully saturated rings. The molecule has 3 nitrogen and oxygen atoms in total. The van der Waals surface area contributed by atoms with Gasteiger partial charge in [0.2, 0.25) is 0 Å². The van der Waals surface area contributed by atoms with Crippen molar-refractivity contribution in [3.05, 3.63) is 95.3 Å². The monoisotopic (exact) mass is 419 g/mol. The van der Waals surface area contributed by atoms with E-state index in [1.165, 1.54) is 27.8 Å². The molecule has 0 aliphatic carbocycles. The summed E-state index contributed by atoms with van der Waals surface area (Å²) < 4.78 is 2.12. The molecule has 4 aromatic rings. The highest BCUT2D eigenvalue weighted by atomic mass is 15.1. The van der Waals surface area contributed by atoms with E-state index in [0.717, 1.165) is 17.1 Å². The van der Waals surface area contributed by atoms with Crippen molar-refractivity contribution in [3.8, 4) is 34.3 Å². The average Bonchev–Trinajstić information content (AvgIpc) is 3.23. The first-order valence-corrected chi connectivity index (χ1v) is 11.2. The van der Waals surface area contributed by atoms with Crippen LogP contribution in [0.15, 0.2) is 72.9 Å². The summed E-state index contributed by atoms with van der Waals surface area (Å²) in [4.78, 5) is 4.67. The molecule has 4 rings (SSSR count). The van der Waals surface area contributed by atoms with Gasteiger partial charge in [-0.2, -0.15) is 5.26 Å². The van der Waals surface area contributed by atoms with Crippen LogP contribution in [0.25, 0.3) is 28.2 Å². The Morgan fingerprint density at radius 3 is 1.91 bits per heavy atom. The summed E-state index contributed by atoms with van der Waals surface area (Å²) in [5, 5.41) is 9.62. The predicted molar refractivity (Wildman–Crippen MR) is 132 cm³/mol. The molecule has 0 atom stereocenters. The van der Waals surface area contributed by atoms with Gasteiger partial charge >= 0.3 is 0 Å². The number of nitrogens with zero attached hydrogens (tertiary/aromatic N) is 3. The number of aryl methyl sites for hydroxylation is 1. The van der Waals surface area contributed by atoms with Gasteiger partial charge in [0.1, 0.15) is 11.9 Å². The maximum absolute atomic E-state index is 9.62. The Kier molecular flexibility index (Phi) is 5.97. The van der Waals surface area contributed by atoms with Crippen LogP contribution in [0.3, 0.4) is 0 Å². The zero-order valence-electron chi connectivity index (χ0n) is 19.4. The van der Waals surface area contributed by atoms with Gasteiger partial charge in [0.05, 0.1) is 5.69 Å². The summed E-state index contributed by atoms with van der Waals surface area (Å²) in [5.41, 5.74) is 8.78. The van der Waals surface area contributed by atoms with E-state index in [0.29, 0.717) is 17.5 Å². The van der Waals surface area contributed by atoms with Crippen LogP contribution in [0.1, 0.15) is 61.9 Å². The maximum atomic E-state index is 9.62. The first-order valence-electron chi connectivity index (χ1n) is 11.2. The van der Waals surface area contributed by atoms with Crippen molar-refractivity contribution >= 4 is 0 Å². The number of rotatable bonds is 5. The van der Waals surface area contributed by atoms with Gasteiger partial charge in [-0.15, -0.1) is 0 Å². The lowest BCUT2D eigenvalue weighted by Gasteiger charge is -2.23. The molecule has 3 aromatic carbocycles. The molecule has 3 heteroatoms. The number of benzene rings is 3. The van der Waals surface area contributed by atoms with Gasteiger partial charge in [-0.05, 0) is 53.1 Å². The van der Waals surface area contributed by atoms with Crippen LogP contribution < -0.4 is 0 Å². The lowest BCUT2D eigenvalue weighted by Crippen LogP contribution is -2.08. The molecule has 32 heavy (non-hydrogen) atoms. The SMILES string of the molecule is Cc1ccc(-c2cc(C(C)C)c(-n3cc(C#N)nc3-c3ccccc3)c(C(C)C)c2)cc1. The second-order valence-corrected chi connectivity index (χ2v) is 8.98.